The number of carbonyl (C=O) groups is 1. The Bertz CT molecular complexity index is 640. The van der Waals surface area contributed by atoms with Gasteiger partial charge in [0.25, 0.3) is 5.91 Å². The van der Waals surface area contributed by atoms with Gasteiger partial charge in [-0.25, -0.2) is 13.1 Å². The average Bonchev–Trinajstić information content (AvgIpc) is 2.43. The normalized spacial score (nSPS) is 10.8. The van der Waals surface area contributed by atoms with E-state index < -0.39 is 15.3 Å². The molecule has 0 aliphatic rings. The summed E-state index contributed by atoms with van der Waals surface area (Å²) in [6, 6.07) is 6.90. The van der Waals surface area contributed by atoms with Crippen LogP contribution in [-0.2, 0) is 10.0 Å². The molecule has 0 bridgehead atoms. The van der Waals surface area contributed by atoms with Gasteiger partial charge in [0, 0.05) is 12.6 Å². The molecule has 0 saturated carbocycles. The minimum atomic E-state index is -3.32. The number of carbonyl (C=O) groups excluding carboxylic acids is 1. The monoisotopic (exact) mass is 294 g/mol. The molecule has 1 rings (SSSR count). The van der Waals surface area contributed by atoms with E-state index in [0.29, 0.717) is 11.1 Å². The quantitative estimate of drug-likeness (QED) is 0.804. The lowest BCUT2D eigenvalue weighted by Gasteiger charge is -2.06. The number of hydrogen-bond acceptors (Lipinski definition) is 3. The molecule has 1 amide bonds. The Balaban J connectivity index is 2.81. The lowest BCUT2D eigenvalue weighted by Crippen LogP contribution is -2.30. The molecule has 0 aliphatic heterocycles. The Hall–Kier alpha value is -1.84. The Morgan fingerprint density at radius 2 is 1.95 bits per heavy atom. The molecule has 0 fully saturated rings. The molecule has 0 atom stereocenters. The fourth-order valence-corrected chi connectivity index (χ4v) is 1.97. The van der Waals surface area contributed by atoms with Gasteiger partial charge in [-0.05, 0) is 26.0 Å². The molecule has 0 aromatic heterocycles. The number of amides is 1. The number of benzene rings is 1. The molecule has 5 nitrogen and oxygen atoms in total. The van der Waals surface area contributed by atoms with Crippen LogP contribution in [-0.4, -0.2) is 33.2 Å². The zero-order valence-electron chi connectivity index (χ0n) is 11.7. The highest BCUT2D eigenvalue weighted by molar-refractivity contribution is 7.90. The van der Waals surface area contributed by atoms with E-state index in [0.717, 1.165) is 0 Å². The zero-order valence-corrected chi connectivity index (χ0v) is 12.5. The van der Waals surface area contributed by atoms with Crippen LogP contribution in [0.1, 0.15) is 29.8 Å². The van der Waals surface area contributed by atoms with Crippen molar-refractivity contribution in [3.63, 3.8) is 0 Å². The first kappa shape index (κ1) is 16.2. The van der Waals surface area contributed by atoms with Crippen LogP contribution in [0, 0.1) is 11.8 Å². The summed E-state index contributed by atoms with van der Waals surface area (Å²) in [6.07, 6.45) is 0. The molecule has 2 N–H and O–H groups in total. The largest absolute Gasteiger partial charge is 0.355 e. The maximum atomic E-state index is 11.6. The van der Waals surface area contributed by atoms with Gasteiger partial charge in [0.1, 0.15) is 0 Å². The third-order valence-electron chi connectivity index (χ3n) is 2.60. The topological polar surface area (TPSA) is 75.3 Å². The fraction of sp³-hybridized carbons (Fsp3) is 0.357. The van der Waals surface area contributed by atoms with Crippen molar-refractivity contribution in [1.82, 2.24) is 10.0 Å². The van der Waals surface area contributed by atoms with Crippen LogP contribution in [0.5, 0.6) is 0 Å². The minimum absolute atomic E-state index is 0.0165. The Morgan fingerprint density at radius 3 is 2.55 bits per heavy atom. The van der Waals surface area contributed by atoms with Crippen molar-refractivity contribution in [2.24, 2.45) is 0 Å². The first-order valence-electron chi connectivity index (χ1n) is 6.17. The van der Waals surface area contributed by atoms with Gasteiger partial charge in [-0.3, -0.25) is 4.79 Å². The summed E-state index contributed by atoms with van der Waals surface area (Å²) in [5.74, 6) is 5.29. The molecule has 0 spiro atoms. The van der Waals surface area contributed by atoms with E-state index in [-0.39, 0.29) is 12.5 Å². The average molecular weight is 294 g/mol. The molecule has 108 valence electrons. The van der Waals surface area contributed by atoms with E-state index in [1.807, 2.05) is 0 Å². The third-order valence-corrected chi connectivity index (χ3v) is 4.39. The van der Waals surface area contributed by atoms with E-state index in [9.17, 15) is 13.2 Å². The highest BCUT2D eigenvalue weighted by atomic mass is 32.2. The van der Waals surface area contributed by atoms with Crippen molar-refractivity contribution in [2.45, 2.75) is 19.1 Å². The van der Waals surface area contributed by atoms with Crippen LogP contribution in [0.15, 0.2) is 24.3 Å². The van der Waals surface area contributed by atoms with Crippen molar-refractivity contribution in [3.8, 4) is 11.8 Å². The van der Waals surface area contributed by atoms with Crippen LogP contribution in [0.4, 0.5) is 0 Å². The smallest absolute Gasteiger partial charge is 0.252 e. The van der Waals surface area contributed by atoms with Gasteiger partial charge in [0.05, 0.1) is 17.4 Å². The van der Waals surface area contributed by atoms with E-state index in [4.69, 9.17) is 0 Å². The third kappa shape index (κ3) is 4.37. The van der Waals surface area contributed by atoms with Crippen molar-refractivity contribution in [1.29, 1.82) is 0 Å². The van der Waals surface area contributed by atoms with Gasteiger partial charge >= 0.3 is 0 Å². The maximum absolute atomic E-state index is 11.6. The summed E-state index contributed by atoms with van der Waals surface area (Å²) in [5, 5.41) is 2.04. The number of hydrogen-bond donors (Lipinski definition) is 2. The molecular formula is C14H18N2O3S. The summed E-state index contributed by atoms with van der Waals surface area (Å²) >= 11 is 0. The second kappa shape index (κ2) is 7.08. The highest BCUT2D eigenvalue weighted by Gasteiger charge is 2.13. The van der Waals surface area contributed by atoms with Crippen molar-refractivity contribution in [2.75, 3.05) is 13.6 Å². The molecule has 1 aromatic carbocycles. The molecular weight excluding hydrogens is 276 g/mol. The van der Waals surface area contributed by atoms with Crippen molar-refractivity contribution >= 4 is 15.9 Å². The summed E-state index contributed by atoms with van der Waals surface area (Å²) in [4.78, 5) is 11.6. The first-order valence-corrected chi connectivity index (χ1v) is 7.71. The molecule has 0 radical (unpaired) electrons. The zero-order chi connectivity index (χ0) is 15.2. The second-order valence-electron chi connectivity index (χ2n) is 4.34. The van der Waals surface area contributed by atoms with Crippen LogP contribution in [0.2, 0.25) is 0 Å². The van der Waals surface area contributed by atoms with Crippen LogP contribution in [0.3, 0.4) is 0 Å². The summed E-state index contributed by atoms with van der Waals surface area (Å²) in [5.41, 5.74) is 1.03. The van der Waals surface area contributed by atoms with Gasteiger partial charge in [-0.1, -0.05) is 24.0 Å². The van der Waals surface area contributed by atoms with Gasteiger partial charge in [0.2, 0.25) is 10.0 Å². The van der Waals surface area contributed by atoms with Crippen LogP contribution < -0.4 is 10.0 Å². The van der Waals surface area contributed by atoms with Crippen molar-refractivity contribution < 1.29 is 13.2 Å². The highest BCUT2D eigenvalue weighted by Crippen LogP contribution is 2.06. The van der Waals surface area contributed by atoms with E-state index in [1.54, 1.807) is 45.2 Å². The molecule has 1 aromatic rings. The van der Waals surface area contributed by atoms with Crippen LogP contribution >= 0.6 is 0 Å². The summed E-state index contributed by atoms with van der Waals surface area (Å²) in [6.45, 7) is 3.20. The predicted octanol–water partition coefficient (Wildman–Crippen LogP) is 0.726. The molecule has 20 heavy (non-hydrogen) atoms. The number of sulfonamides is 1. The molecule has 0 saturated heterocycles. The second-order valence-corrected chi connectivity index (χ2v) is 6.66. The summed E-state index contributed by atoms with van der Waals surface area (Å²) < 4.78 is 25.4. The SMILES string of the molecule is CNC(=O)c1ccccc1C#CCNS(=O)(=O)C(C)C. The Morgan fingerprint density at radius 1 is 1.30 bits per heavy atom. The van der Waals surface area contributed by atoms with E-state index in [1.165, 1.54) is 0 Å². The number of nitrogens with one attached hydrogen (secondary N) is 2. The van der Waals surface area contributed by atoms with Gasteiger partial charge in [-0.15, -0.1) is 0 Å². The molecule has 0 heterocycles. The lowest BCUT2D eigenvalue weighted by molar-refractivity contribution is 0.0963. The fourth-order valence-electron chi connectivity index (χ4n) is 1.37. The van der Waals surface area contributed by atoms with Gasteiger partial charge < -0.3 is 5.32 Å². The molecule has 6 heteroatoms. The van der Waals surface area contributed by atoms with E-state index >= 15 is 0 Å². The molecule has 0 aliphatic carbocycles. The maximum Gasteiger partial charge on any atom is 0.252 e. The van der Waals surface area contributed by atoms with Crippen LogP contribution in [0.25, 0.3) is 0 Å². The number of rotatable bonds is 4. The first-order chi connectivity index (χ1) is 9.38. The lowest BCUT2D eigenvalue weighted by atomic mass is 10.1. The summed E-state index contributed by atoms with van der Waals surface area (Å²) in [7, 11) is -1.77. The molecule has 0 unspecified atom stereocenters. The van der Waals surface area contributed by atoms with Crippen molar-refractivity contribution in [3.05, 3.63) is 35.4 Å². The van der Waals surface area contributed by atoms with Gasteiger partial charge in [0.15, 0.2) is 0 Å². The standard InChI is InChI=1S/C14H18N2O3S/c1-11(2)20(18,19)16-10-6-8-12-7-4-5-9-13(12)14(17)15-3/h4-5,7,9,11,16H,10H2,1-3H3,(H,15,17). The Kier molecular flexibility index (Phi) is 5.74. The van der Waals surface area contributed by atoms with E-state index in [2.05, 4.69) is 21.9 Å². The predicted molar refractivity (Wildman–Crippen MR) is 78.8 cm³/mol. The minimum Gasteiger partial charge on any atom is -0.355 e. The Labute approximate surface area is 119 Å². The van der Waals surface area contributed by atoms with Gasteiger partial charge in [-0.2, -0.15) is 0 Å².